The van der Waals surface area contributed by atoms with E-state index in [2.05, 4.69) is 37.1 Å². The maximum absolute atomic E-state index is 9.47. The Kier molecular flexibility index (Phi) is 5.46. The van der Waals surface area contributed by atoms with Gasteiger partial charge in [-0.25, -0.2) is 0 Å². The number of fused-ring (bicyclic) bond motifs is 1. The number of nitrogens with one attached hydrogen (secondary N) is 1. The van der Waals surface area contributed by atoms with Gasteiger partial charge >= 0.3 is 0 Å². The average Bonchev–Trinajstić information content (AvgIpc) is 2.46. The molecule has 1 saturated carbocycles. The normalized spacial score (nSPS) is 31.9. The van der Waals surface area contributed by atoms with Crippen LogP contribution >= 0.6 is 0 Å². The molecule has 0 aromatic heterocycles. The van der Waals surface area contributed by atoms with E-state index in [-0.39, 0.29) is 5.54 Å². The molecular weight excluding hydrogens is 246 g/mol. The van der Waals surface area contributed by atoms with E-state index in [0.717, 1.165) is 24.9 Å². The van der Waals surface area contributed by atoms with Gasteiger partial charge in [-0.1, -0.05) is 19.8 Å². The van der Waals surface area contributed by atoms with E-state index in [1.807, 2.05) is 0 Å². The number of rotatable bonds is 5. The minimum Gasteiger partial charge on any atom is -0.300 e. The number of hydrogen-bond acceptors (Lipinski definition) is 3. The summed E-state index contributed by atoms with van der Waals surface area (Å²) >= 11 is 0. The second kappa shape index (κ2) is 6.91. The lowest BCUT2D eigenvalue weighted by Crippen LogP contribution is -2.54. The van der Waals surface area contributed by atoms with Crippen LogP contribution in [0.1, 0.15) is 65.7 Å². The molecule has 20 heavy (non-hydrogen) atoms. The Morgan fingerprint density at radius 2 is 2.00 bits per heavy atom. The van der Waals surface area contributed by atoms with Gasteiger partial charge in [-0.15, -0.1) is 0 Å². The van der Waals surface area contributed by atoms with Crippen LogP contribution < -0.4 is 5.32 Å². The molecule has 1 saturated heterocycles. The summed E-state index contributed by atoms with van der Waals surface area (Å²) in [6, 6.07) is 3.78. The van der Waals surface area contributed by atoms with Gasteiger partial charge in [0.05, 0.1) is 6.07 Å². The van der Waals surface area contributed by atoms with Crippen LogP contribution in [0.4, 0.5) is 0 Å². The number of nitriles is 1. The standard InChI is InChI=1S/C17H31N3/c1-4-19-17(3,13-18)12-14(2)20-11-7-9-15-8-5-6-10-16(15)20/h14-16,19H,4-12H2,1-3H3/t14?,15-,16-,17?/m1/s1. The molecule has 2 unspecified atom stereocenters. The van der Waals surface area contributed by atoms with Crippen molar-refractivity contribution in [1.29, 1.82) is 5.26 Å². The van der Waals surface area contributed by atoms with Crippen LogP contribution in [0.15, 0.2) is 0 Å². The van der Waals surface area contributed by atoms with Crippen molar-refractivity contribution in [2.75, 3.05) is 13.1 Å². The fourth-order valence-corrected chi connectivity index (χ4v) is 4.47. The van der Waals surface area contributed by atoms with Crippen molar-refractivity contribution < 1.29 is 0 Å². The molecule has 114 valence electrons. The van der Waals surface area contributed by atoms with Crippen LogP contribution in [-0.4, -0.2) is 35.6 Å². The van der Waals surface area contributed by atoms with Crippen LogP contribution in [0.3, 0.4) is 0 Å². The van der Waals surface area contributed by atoms with E-state index >= 15 is 0 Å². The van der Waals surface area contributed by atoms with E-state index < -0.39 is 0 Å². The van der Waals surface area contributed by atoms with Crippen LogP contribution in [0, 0.1) is 17.2 Å². The van der Waals surface area contributed by atoms with Crippen molar-refractivity contribution in [3.05, 3.63) is 0 Å². The molecule has 0 bridgehead atoms. The van der Waals surface area contributed by atoms with Crippen molar-refractivity contribution in [2.45, 2.75) is 83.3 Å². The predicted molar refractivity (Wildman–Crippen MR) is 83.5 cm³/mol. The number of piperidine rings is 1. The Balaban J connectivity index is 2.00. The molecule has 1 aliphatic heterocycles. The summed E-state index contributed by atoms with van der Waals surface area (Å²) in [7, 11) is 0. The van der Waals surface area contributed by atoms with Crippen LogP contribution in [-0.2, 0) is 0 Å². The summed E-state index contributed by atoms with van der Waals surface area (Å²) in [6.45, 7) is 8.55. The number of nitrogens with zero attached hydrogens (tertiary/aromatic N) is 2. The third-order valence-electron chi connectivity index (χ3n) is 5.37. The minimum atomic E-state index is -0.379. The van der Waals surface area contributed by atoms with Crippen molar-refractivity contribution in [1.82, 2.24) is 10.2 Å². The van der Waals surface area contributed by atoms with Gasteiger partial charge in [0.15, 0.2) is 0 Å². The van der Waals surface area contributed by atoms with Gasteiger partial charge in [0.25, 0.3) is 0 Å². The van der Waals surface area contributed by atoms with Crippen LogP contribution in [0.5, 0.6) is 0 Å². The molecule has 2 fully saturated rings. The summed E-state index contributed by atoms with van der Waals surface area (Å²) in [4.78, 5) is 2.72. The van der Waals surface area contributed by atoms with Crippen molar-refractivity contribution in [3.8, 4) is 6.07 Å². The second-order valence-electron chi connectivity index (χ2n) is 7.02. The summed E-state index contributed by atoms with van der Waals surface area (Å²) in [6.07, 6.45) is 9.33. The molecule has 2 rings (SSSR count). The van der Waals surface area contributed by atoms with Gasteiger partial charge in [-0.3, -0.25) is 10.2 Å². The Morgan fingerprint density at radius 1 is 1.30 bits per heavy atom. The van der Waals surface area contributed by atoms with Gasteiger partial charge in [0, 0.05) is 12.1 Å². The topological polar surface area (TPSA) is 39.1 Å². The molecular formula is C17H31N3. The lowest BCUT2D eigenvalue weighted by atomic mass is 9.77. The van der Waals surface area contributed by atoms with E-state index in [0.29, 0.717) is 6.04 Å². The smallest absolute Gasteiger partial charge is 0.105 e. The predicted octanol–water partition coefficient (Wildman–Crippen LogP) is 3.31. The lowest BCUT2D eigenvalue weighted by Gasteiger charge is -2.48. The minimum absolute atomic E-state index is 0.379. The molecule has 4 atom stereocenters. The highest BCUT2D eigenvalue weighted by molar-refractivity contribution is 5.06. The highest BCUT2D eigenvalue weighted by Crippen LogP contribution is 2.37. The highest BCUT2D eigenvalue weighted by Gasteiger charge is 2.37. The third kappa shape index (κ3) is 3.54. The first-order valence-electron chi connectivity index (χ1n) is 8.51. The Bertz CT molecular complexity index is 347. The Morgan fingerprint density at radius 3 is 2.70 bits per heavy atom. The van der Waals surface area contributed by atoms with E-state index in [1.165, 1.54) is 45.1 Å². The molecule has 0 spiro atoms. The molecule has 2 aliphatic rings. The van der Waals surface area contributed by atoms with Gasteiger partial charge < -0.3 is 0 Å². The molecule has 1 aliphatic carbocycles. The summed E-state index contributed by atoms with van der Waals surface area (Å²) in [5.74, 6) is 0.924. The van der Waals surface area contributed by atoms with Gasteiger partial charge in [-0.05, 0) is 65.0 Å². The first-order chi connectivity index (χ1) is 9.59. The molecule has 0 radical (unpaired) electrons. The fraction of sp³-hybridized carbons (Fsp3) is 0.941. The Labute approximate surface area is 124 Å². The largest absolute Gasteiger partial charge is 0.300 e. The molecule has 1 N–H and O–H groups in total. The Hall–Kier alpha value is -0.590. The monoisotopic (exact) mass is 277 g/mol. The van der Waals surface area contributed by atoms with E-state index in [1.54, 1.807) is 0 Å². The maximum atomic E-state index is 9.47. The molecule has 1 heterocycles. The summed E-state index contributed by atoms with van der Waals surface area (Å²) < 4.78 is 0. The maximum Gasteiger partial charge on any atom is 0.105 e. The SMILES string of the molecule is CCNC(C)(C#N)CC(C)N1CCC[C@H]2CCCC[C@H]21. The molecule has 3 nitrogen and oxygen atoms in total. The zero-order valence-electron chi connectivity index (χ0n) is 13.5. The van der Waals surface area contributed by atoms with Gasteiger partial charge in [0.1, 0.15) is 5.54 Å². The average molecular weight is 277 g/mol. The third-order valence-corrected chi connectivity index (χ3v) is 5.37. The van der Waals surface area contributed by atoms with E-state index in [4.69, 9.17) is 0 Å². The molecule has 0 aromatic carbocycles. The summed E-state index contributed by atoms with van der Waals surface area (Å²) in [5.41, 5.74) is -0.379. The lowest BCUT2D eigenvalue weighted by molar-refractivity contribution is 0.0232. The number of likely N-dealkylation sites (tertiary alicyclic amines) is 1. The fourth-order valence-electron chi connectivity index (χ4n) is 4.47. The zero-order valence-corrected chi connectivity index (χ0v) is 13.5. The first kappa shape index (κ1) is 15.8. The molecule has 0 amide bonds. The van der Waals surface area contributed by atoms with Crippen LogP contribution in [0.2, 0.25) is 0 Å². The molecule has 0 aromatic rings. The van der Waals surface area contributed by atoms with Gasteiger partial charge in [-0.2, -0.15) is 5.26 Å². The molecule has 3 heteroatoms. The second-order valence-corrected chi connectivity index (χ2v) is 7.02. The van der Waals surface area contributed by atoms with Crippen LogP contribution in [0.25, 0.3) is 0 Å². The number of hydrogen-bond donors (Lipinski definition) is 1. The van der Waals surface area contributed by atoms with Crippen molar-refractivity contribution >= 4 is 0 Å². The van der Waals surface area contributed by atoms with Crippen molar-refractivity contribution in [2.24, 2.45) is 5.92 Å². The zero-order chi connectivity index (χ0) is 14.6. The van der Waals surface area contributed by atoms with Gasteiger partial charge in [0.2, 0.25) is 0 Å². The summed E-state index contributed by atoms with van der Waals surface area (Å²) in [5, 5.41) is 12.8. The van der Waals surface area contributed by atoms with Crippen molar-refractivity contribution in [3.63, 3.8) is 0 Å². The quantitative estimate of drug-likeness (QED) is 0.838. The first-order valence-corrected chi connectivity index (χ1v) is 8.51. The van der Waals surface area contributed by atoms with E-state index in [9.17, 15) is 5.26 Å². The highest BCUT2D eigenvalue weighted by atomic mass is 15.2.